The first-order valence-corrected chi connectivity index (χ1v) is 11.0. The van der Waals surface area contributed by atoms with Gasteiger partial charge < -0.3 is 5.11 Å². The zero-order valence-electron chi connectivity index (χ0n) is 17.0. The van der Waals surface area contributed by atoms with E-state index in [0.29, 0.717) is 5.75 Å². The van der Waals surface area contributed by atoms with Gasteiger partial charge in [0.2, 0.25) is 0 Å². The largest absolute Gasteiger partial charge is 0.508 e. The predicted molar refractivity (Wildman–Crippen MR) is 111 cm³/mol. The summed E-state index contributed by atoms with van der Waals surface area (Å²) in [5.74, 6) is 0.477. The van der Waals surface area contributed by atoms with Crippen LogP contribution < -0.4 is 0 Å². The van der Waals surface area contributed by atoms with E-state index in [0.717, 1.165) is 12.0 Å². The van der Waals surface area contributed by atoms with Gasteiger partial charge in [-0.15, -0.1) is 0 Å². The van der Waals surface area contributed by atoms with E-state index in [9.17, 15) is 5.11 Å². The van der Waals surface area contributed by atoms with Crippen LogP contribution >= 0.6 is 0 Å². The number of benzene rings is 1. The monoisotopic (exact) mass is 346 g/mol. The number of hydrogen-bond donors (Lipinski definition) is 1. The predicted octanol–water partition coefficient (Wildman–Crippen LogP) is 8.11. The molecule has 25 heavy (non-hydrogen) atoms. The van der Waals surface area contributed by atoms with E-state index >= 15 is 0 Å². The molecule has 0 aromatic heterocycles. The van der Waals surface area contributed by atoms with Gasteiger partial charge in [0, 0.05) is 0 Å². The van der Waals surface area contributed by atoms with Crippen molar-refractivity contribution in [3.8, 4) is 5.75 Å². The maximum atomic E-state index is 9.91. The normalized spacial score (nSPS) is 11.1. The zero-order chi connectivity index (χ0) is 18.2. The van der Waals surface area contributed by atoms with Gasteiger partial charge >= 0.3 is 0 Å². The number of unbranched alkanes of at least 4 members (excludes halogenated alkanes) is 14. The summed E-state index contributed by atoms with van der Waals surface area (Å²) in [4.78, 5) is 0. The second-order valence-electron chi connectivity index (χ2n) is 7.77. The van der Waals surface area contributed by atoms with Gasteiger partial charge in [-0.05, 0) is 37.0 Å². The lowest BCUT2D eigenvalue weighted by Gasteiger charge is -2.08. The minimum atomic E-state index is 0.477. The van der Waals surface area contributed by atoms with Crippen molar-refractivity contribution in [3.05, 3.63) is 29.3 Å². The highest BCUT2D eigenvalue weighted by atomic mass is 16.3. The summed E-state index contributed by atoms with van der Waals surface area (Å²) >= 11 is 0. The second kappa shape index (κ2) is 15.3. The van der Waals surface area contributed by atoms with Crippen LogP contribution in [-0.4, -0.2) is 5.11 Å². The van der Waals surface area contributed by atoms with Gasteiger partial charge in [0.1, 0.15) is 5.75 Å². The molecule has 0 atom stereocenters. The summed E-state index contributed by atoms with van der Waals surface area (Å²) < 4.78 is 0. The van der Waals surface area contributed by atoms with Crippen LogP contribution in [0, 0.1) is 6.92 Å². The Hall–Kier alpha value is -0.980. The Bertz CT molecular complexity index is 404. The van der Waals surface area contributed by atoms with E-state index in [-0.39, 0.29) is 0 Å². The topological polar surface area (TPSA) is 20.2 Å². The SMILES string of the molecule is CCCCCCCCCCCCCCCCCc1c(C)cccc1O. The fraction of sp³-hybridized carbons (Fsp3) is 0.750. The highest BCUT2D eigenvalue weighted by molar-refractivity contribution is 5.38. The van der Waals surface area contributed by atoms with Crippen molar-refractivity contribution >= 4 is 0 Å². The fourth-order valence-electron chi connectivity index (χ4n) is 3.69. The number of hydrogen-bond acceptors (Lipinski definition) is 1. The molecule has 1 rings (SSSR count). The molecule has 0 aliphatic carbocycles. The Morgan fingerprint density at radius 1 is 0.640 bits per heavy atom. The molecule has 0 saturated carbocycles. The van der Waals surface area contributed by atoms with E-state index in [1.807, 2.05) is 12.1 Å². The van der Waals surface area contributed by atoms with E-state index in [1.54, 1.807) is 0 Å². The Morgan fingerprint density at radius 2 is 1.08 bits per heavy atom. The standard InChI is InChI=1S/C24H42O/c1-3-4-5-6-7-8-9-10-11-12-13-14-15-16-17-20-23-22(2)19-18-21-24(23)25/h18-19,21,25H,3-17,20H2,1-2H3. The molecule has 0 fully saturated rings. The summed E-state index contributed by atoms with van der Waals surface area (Å²) in [6.07, 6.45) is 22.0. The summed E-state index contributed by atoms with van der Waals surface area (Å²) in [5, 5.41) is 9.91. The number of rotatable bonds is 16. The second-order valence-corrected chi connectivity index (χ2v) is 7.77. The highest BCUT2D eigenvalue weighted by Crippen LogP contribution is 2.23. The number of phenols is 1. The van der Waals surface area contributed by atoms with Crippen molar-refractivity contribution in [2.24, 2.45) is 0 Å². The van der Waals surface area contributed by atoms with E-state index in [4.69, 9.17) is 0 Å². The molecule has 144 valence electrons. The lowest BCUT2D eigenvalue weighted by atomic mass is 10.00. The molecule has 0 spiro atoms. The first-order chi connectivity index (χ1) is 12.3. The van der Waals surface area contributed by atoms with Gasteiger partial charge in [0.25, 0.3) is 0 Å². The molecule has 0 radical (unpaired) electrons. The molecule has 1 aromatic carbocycles. The lowest BCUT2D eigenvalue weighted by molar-refractivity contribution is 0.465. The minimum absolute atomic E-state index is 0.477. The van der Waals surface area contributed by atoms with Crippen LogP contribution in [0.1, 0.15) is 114 Å². The Kier molecular flexibility index (Phi) is 13.5. The van der Waals surface area contributed by atoms with Gasteiger partial charge in [-0.25, -0.2) is 0 Å². The molecule has 0 amide bonds. The lowest BCUT2D eigenvalue weighted by Crippen LogP contribution is -1.91. The van der Waals surface area contributed by atoms with Crippen LogP contribution in [0.5, 0.6) is 5.75 Å². The third-order valence-electron chi connectivity index (χ3n) is 5.42. The summed E-state index contributed by atoms with van der Waals surface area (Å²) in [6.45, 7) is 4.38. The quantitative estimate of drug-likeness (QED) is 0.300. The highest BCUT2D eigenvalue weighted by Gasteiger charge is 2.03. The Balaban J connectivity index is 1.83. The minimum Gasteiger partial charge on any atom is -0.508 e. The molecular formula is C24H42O. The summed E-state index contributed by atoms with van der Waals surface area (Å²) in [7, 11) is 0. The first kappa shape index (κ1) is 22.1. The zero-order valence-corrected chi connectivity index (χ0v) is 17.0. The van der Waals surface area contributed by atoms with Crippen LogP contribution in [0.3, 0.4) is 0 Å². The number of aryl methyl sites for hydroxylation is 1. The molecule has 0 unspecified atom stereocenters. The van der Waals surface area contributed by atoms with Crippen LogP contribution in [0.25, 0.3) is 0 Å². The third-order valence-corrected chi connectivity index (χ3v) is 5.42. The van der Waals surface area contributed by atoms with Crippen LogP contribution in [0.15, 0.2) is 18.2 Å². The average molecular weight is 347 g/mol. The molecular weight excluding hydrogens is 304 g/mol. The third kappa shape index (κ3) is 11.3. The van der Waals surface area contributed by atoms with E-state index in [1.165, 1.54) is 102 Å². The number of phenolic OH excluding ortho intramolecular Hbond substituents is 1. The maximum absolute atomic E-state index is 9.91. The van der Waals surface area contributed by atoms with Crippen LogP contribution in [0.4, 0.5) is 0 Å². The van der Waals surface area contributed by atoms with Crippen molar-refractivity contribution in [2.75, 3.05) is 0 Å². The van der Waals surface area contributed by atoms with Crippen molar-refractivity contribution < 1.29 is 5.11 Å². The smallest absolute Gasteiger partial charge is 0.119 e. The van der Waals surface area contributed by atoms with Gasteiger partial charge in [-0.2, -0.15) is 0 Å². The van der Waals surface area contributed by atoms with Gasteiger partial charge in [-0.3, -0.25) is 0 Å². The molecule has 1 aromatic rings. The maximum Gasteiger partial charge on any atom is 0.119 e. The van der Waals surface area contributed by atoms with Gasteiger partial charge in [0.05, 0.1) is 0 Å². The Labute approximate surface area is 157 Å². The molecule has 1 N–H and O–H groups in total. The van der Waals surface area contributed by atoms with Gasteiger partial charge in [-0.1, -0.05) is 109 Å². The van der Waals surface area contributed by atoms with E-state index in [2.05, 4.69) is 19.9 Å². The molecule has 0 aliphatic heterocycles. The Morgan fingerprint density at radius 3 is 1.52 bits per heavy atom. The van der Waals surface area contributed by atoms with Crippen LogP contribution in [0.2, 0.25) is 0 Å². The van der Waals surface area contributed by atoms with Gasteiger partial charge in [0.15, 0.2) is 0 Å². The molecule has 0 heterocycles. The van der Waals surface area contributed by atoms with E-state index < -0.39 is 0 Å². The summed E-state index contributed by atoms with van der Waals surface area (Å²) in [5.41, 5.74) is 2.38. The average Bonchev–Trinajstić information content (AvgIpc) is 2.60. The molecule has 0 saturated heterocycles. The van der Waals surface area contributed by atoms with Crippen molar-refractivity contribution in [3.63, 3.8) is 0 Å². The van der Waals surface area contributed by atoms with Crippen LogP contribution in [-0.2, 0) is 6.42 Å². The van der Waals surface area contributed by atoms with Crippen molar-refractivity contribution in [1.82, 2.24) is 0 Å². The summed E-state index contributed by atoms with van der Waals surface area (Å²) in [6, 6.07) is 5.84. The fourth-order valence-corrected chi connectivity index (χ4v) is 3.69. The van der Waals surface area contributed by atoms with Crippen molar-refractivity contribution in [2.45, 2.75) is 117 Å². The first-order valence-electron chi connectivity index (χ1n) is 11.0. The number of aromatic hydroxyl groups is 1. The molecule has 0 aliphatic rings. The van der Waals surface area contributed by atoms with Crippen molar-refractivity contribution in [1.29, 1.82) is 0 Å². The molecule has 1 heteroatoms. The molecule has 0 bridgehead atoms. The molecule has 1 nitrogen and oxygen atoms in total.